The first kappa shape index (κ1) is 10.8. The van der Waals surface area contributed by atoms with Crippen molar-refractivity contribution in [1.29, 1.82) is 0 Å². The van der Waals surface area contributed by atoms with Gasteiger partial charge >= 0.3 is 0 Å². The largest absolute Gasteiger partial charge is 0.390 e. The molecule has 1 aliphatic rings. The number of nitrogens with two attached hydrogens (primary N) is 1. The highest BCUT2D eigenvalue weighted by Crippen LogP contribution is 2.47. The molecular weight excluding hydrogens is 234 g/mol. The van der Waals surface area contributed by atoms with E-state index in [0.717, 1.165) is 34.8 Å². The quantitative estimate of drug-likeness (QED) is 0.888. The Morgan fingerprint density at radius 3 is 2.59 bits per heavy atom. The van der Waals surface area contributed by atoms with Gasteiger partial charge in [-0.3, -0.25) is 0 Å². The molecule has 5 heteroatoms. The van der Waals surface area contributed by atoms with Gasteiger partial charge in [-0.1, -0.05) is 12.1 Å². The van der Waals surface area contributed by atoms with Gasteiger partial charge in [0, 0.05) is 10.3 Å². The summed E-state index contributed by atoms with van der Waals surface area (Å²) >= 11 is 1.57. The zero-order chi connectivity index (χ0) is 12.2. The lowest BCUT2D eigenvalue weighted by molar-refractivity contribution is 0.416. The Bertz CT molecular complexity index is 581. The molecule has 90 valence electrons. The van der Waals surface area contributed by atoms with Gasteiger partial charge in [0.25, 0.3) is 5.89 Å². The molecular formula is C12H15N3OS. The van der Waals surface area contributed by atoms with Gasteiger partial charge < -0.3 is 10.3 Å². The fourth-order valence-electron chi connectivity index (χ4n) is 1.90. The minimum Gasteiger partial charge on any atom is -0.390 e. The summed E-state index contributed by atoms with van der Waals surface area (Å²) in [6.07, 6.45) is 2.28. The van der Waals surface area contributed by atoms with Crippen LogP contribution in [0.2, 0.25) is 0 Å². The molecule has 0 atom stereocenters. The summed E-state index contributed by atoms with van der Waals surface area (Å²) in [4.78, 5) is 5.70. The van der Waals surface area contributed by atoms with Gasteiger partial charge in [-0.05, 0) is 32.3 Å². The van der Waals surface area contributed by atoms with E-state index in [2.05, 4.69) is 24.0 Å². The molecule has 0 aliphatic heterocycles. The molecule has 3 rings (SSSR count). The van der Waals surface area contributed by atoms with E-state index in [4.69, 9.17) is 10.3 Å². The number of aryl methyl sites for hydroxylation is 1. The molecule has 0 bridgehead atoms. The molecule has 2 aromatic rings. The van der Waals surface area contributed by atoms with Gasteiger partial charge in [0.05, 0.1) is 10.6 Å². The van der Waals surface area contributed by atoms with Gasteiger partial charge in [-0.25, -0.2) is 0 Å². The summed E-state index contributed by atoms with van der Waals surface area (Å²) in [7, 11) is 0. The third kappa shape index (κ3) is 1.57. The molecule has 4 nitrogen and oxygen atoms in total. The first-order valence-corrected chi connectivity index (χ1v) is 6.53. The number of hydrogen-bond acceptors (Lipinski definition) is 5. The number of thiophene rings is 1. The van der Waals surface area contributed by atoms with Crippen LogP contribution in [0.3, 0.4) is 0 Å². The first-order valence-electron chi connectivity index (χ1n) is 5.71. The van der Waals surface area contributed by atoms with E-state index in [-0.39, 0.29) is 5.41 Å². The Kier molecular flexibility index (Phi) is 2.10. The van der Waals surface area contributed by atoms with Crippen LogP contribution in [0.5, 0.6) is 0 Å². The average molecular weight is 249 g/mol. The molecule has 0 radical (unpaired) electrons. The number of nitrogen functional groups attached to an aromatic ring is 1. The second-order valence-electron chi connectivity index (χ2n) is 5.01. The maximum Gasteiger partial charge on any atom is 0.261 e. The van der Waals surface area contributed by atoms with E-state index in [1.807, 2.05) is 6.92 Å². The summed E-state index contributed by atoms with van der Waals surface area (Å²) < 4.78 is 5.36. The van der Waals surface area contributed by atoms with Crippen LogP contribution in [0.1, 0.15) is 36.0 Å². The van der Waals surface area contributed by atoms with Crippen LogP contribution in [-0.2, 0) is 5.41 Å². The zero-order valence-corrected chi connectivity index (χ0v) is 11.0. The van der Waals surface area contributed by atoms with Crippen LogP contribution in [-0.4, -0.2) is 10.1 Å². The molecule has 1 saturated carbocycles. The Morgan fingerprint density at radius 1 is 1.35 bits per heavy atom. The van der Waals surface area contributed by atoms with Crippen LogP contribution in [0.25, 0.3) is 11.5 Å². The minimum atomic E-state index is 0.134. The Labute approximate surface area is 104 Å². The summed E-state index contributed by atoms with van der Waals surface area (Å²) in [5.41, 5.74) is 8.19. The van der Waals surface area contributed by atoms with Crippen molar-refractivity contribution in [1.82, 2.24) is 10.1 Å². The lowest BCUT2D eigenvalue weighted by Crippen LogP contribution is -2.01. The molecule has 0 unspecified atom stereocenters. The van der Waals surface area contributed by atoms with Crippen molar-refractivity contribution in [2.45, 2.75) is 39.0 Å². The van der Waals surface area contributed by atoms with Crippen molar-refractivity contribution < 1.29 is 4.52 Å². The van der Waals surface area contributed by atoms with Crippen LogP contribution in [0, 0.1) is 13.8 Å². The molecule has 1 fully saturated rings. The SMILES string of the molecule is Cc1sc(N)c(-c2nc(C3(C)CC3)no2)c1C. The molecule has 0 spiro atoms. The number of rotatable bonds is 2. The number of hydrogen-bond donors (Lipinski definition) is 1. The minimum absolute atomic E-state index is 0.134. The fraction of sp³-hybridized carbons (Fsp3) is 0.500. The van der Waals surface area contributed by atoms with Crippen LogP contribution in [0.15, 0.2) is 4.52 Å². The van der Waals surface area contributed by atoms with Crippen LogP contribution < -0.4 is 5.73 Å². The van der Waals surface area contributed by atoms with Gasteiger partial charge in [-0.2, -0.15) is 4.98 Å². The predicted octanol–water partition coefficient (Wildman–Crippen LogP) is 3.05. The lowest BCUT2D eigenvalue weighted by atomic mass is 10.1. The van der Waals surface area contributed by atoms with E-state index in [0.29, 0.717) is 5.89 Å². The standard InChI is InChI=1S/C12H15N3OS/c1-6-7(2)17-9(13)8(6)10-14-11(15-16-10)12(3)4-5-12/h4-5,13H2,1-3H3. The van der Waals surface area contributed by atoms with Crippen molar-refractivity contribution in [2.75, 3.05) is 5.73 Å². The maximum atomic E-state index is 6.00. The van der Waals surface area contributed by atoms with Crippen LogP contribution >= 0.6 is 11.3 Å². The molecule has 0 aromatic carbocycles. The van der Waals surface area contributed by atoms with Crippen molar-refractivity contribution in [2.24, 2.45) is 0 Å². The van der Waals surface area contributed by atoms with Crippen molar-refractivity contribution in [3.63, 3.8) is 0 Å². The third-order valence-electron chi connectivity index (χ3n) is 3.59. The average Bonchev–Trinajstić information content (AvgIpc) is 2.73. The fourth-order valence-corrected chi connectivity index (χ4v) is 2.83. The van der Waals surface area contributed by atoms with E-state index >= 15 is 0 Å². The van der Waals surface area contributed by atoms with Crippen LogP contribution in [0.4, 0.5) is 5.00 Å². The highest BCUT2D eigenvalue weighted by atomic mass is 32.1. The smallest absolute Gasteiger partial charge is 0.261 e. The topological polar surface area (TPSA) is 64.9 Å². The number of nitrogens with zero attached hydrogens (tertiary/aromatic N) is 2. The van der Waals surface area contributed by atoms with Crippen molar-refractivity contribution in [3.05, 3.63) is 16.3 Å². The normalized spacial score (nSPS) is 17.4. The Morgan fingerprint density at radius 2 is 2.06 bits per heavy atom. The predicted molar refractivity (Wildman–Crippen MR) is 68.1 cm³/mol. The highest BCUT2D eigenvalue weighted by molar-refractivity contribution is 7.16. The maximum absolute atomic E-state index is 6.00. The summed E-state index contributed by atoms with van der Waals surface area (Å²) in [6, 6.07) is 0. The van der Waals surface area contributed by atoms with Gasteiger partial charge in [-0.15, -0.1) is 11.3 Å². The second kappa shape index (κ2) is 3.32. The van der Waals surface area contributed by atoms with E-state index < -0.39 is 0 Å². The lowest BCUT2D eigenvalue weighted by Gasteiger charge is -1.97. The number of anilines is 1. The summed E-state index contributed by atoms with van der Waals surface area (Å²) in [6.45, 7) is 6.26. The van der Waals surface area contributed by atoms with Crippen molar-refractivity contribution >= 4 is 16.3 Å². The highest BCUT2D eigenvalue weighted by Gasteiger charge is 2.43. The van der Waals surface area contributed by atoms with Crippen molar-refractivity contribution in [3.8, 4) is 11.5 Å². The molecule has 17 heavy (non-hydrogen) atoms. The van der Waals surface area contributed by atoms with Gasteiger partial charge in [0.15, 0.2) is 5.82 Å². The van der Waals surface area contributed by atoms with E-state index in [9.17, 15) is 0 Å². The first-order chi connectivity index (χ1) is 8.01. The molecule has 1 aliphatic carbocycles. The Hall–Kier alpha value is -1.36. The molecule has 2 N–H and O–H groups in total. The van der Waals surface area contributed by atoms with Gasteiger partial charge in [0.2, 0.25) is 0 Å². The second-order valence-corrected chi connectivity index (χ2v) is 6.26. The molecule has 2 heterocycles. The van der Waals surface area contributed by atoms with E-state index in [1.54, 1.807) is 11.3 Å². The van der Waals surface area contributed by atoms with Gasteiger partial charge in [0.1, 0.15) is 0 Å². The monoisotopic (exact) mass is 249 g/mol. The third-order valence-corrected chi connectivity index (χ3v) is 4.63. The molecule has 0 amide bonds. The Balaban J connectivity index is 2.07. The number of aromatic nitrogens is 2. The van der Waals surface area contributed by atoms with E-state index in [1.165, 1.54) is 4.88 Å². The summed E-state index contributed by atoms with van der Waals surface area (Å²) in [5.74, 6) is 1.38. The zero-order valence-electron chi connectivity index (χ0n) is 10.2. The molecule has 2 aromatic heterocycles. The molecule has 0 saturated heterocycles. The summed E-state index contributed by atoms with van der Waals surface area (Å²) in [5, 5.41) is 4.84.